The van der Waals surface area contributed by atoms with Crippen molar-refractivity contribution in [3.8, 4) is 0 Å². The van der Waals surface area contributed by atoms with Crippen LogP contribution in [0.3, 0.4) is 0 Å². The van der Waals surface area contributed by atoms with Crippen LogP contribution in [-0.4, -0.2) is 40.0 Å². The lowest BCUT2D eigenvalue weighted by molar-refractivity contribution is 0.0593. The molecule has 1 fully saturated rings. The van der Waals surface area contributed by atoms with Gasteiger partial charge in [0.1, 0.15) is 0 Å². The minimum atomic E-state index is 0.0611. The van der Waals surface area contributed by atoms with Crippen LogP contribution >= 0.6 is 0 Å². The first-order valence-electron chi connectivity index (χ1n) is 7.90. The van der Waals surface area contributed by atoms with E-state index in [4.69, 9.17) is 0 Å². The van der Waals surface area contributed by atoms with Crippen LogP contribution in [0.5, 0.6) is 0 Å². The number of hydrogen-bond donors (Lipinski definition) is 1. The van der Waals surface area contributed by atoms with Gasteiger partial charge in [-0.1, -0.05) is 13.3 Å². The Morgan fingerprint density at radius 2 is 2.00 bits per heavy atom. The van der Waals surface area contributed by atoms with E-state index in [0.29, 0.717) is 0 Å². The number of nitrogens with zero attached hydrogens (tertiary/aromatic N) is 3. The van der Waals surface area contributed by atoms with Crippen LogP contribution in [-0.2, 0) is 0 Å². The summed E-state index contributed by atoms with van der Waals surface area (Å²) in [5.41, 5.74) is 1.11. The summed E-state index contributed by atoms with van der Waals surface area (Å²) in [4.78, 5) is 11.4. The molecular weight excluding hydrogens is 248 g/mol. The molecule has 0 bridgehead atoms. The van der Waals surface area contributed by atoms with Crippen molar-refractivity contribution in [3.05, 3.63) is 24.3 Å². The van der Waals surface area contributed by atoms with E-state index in [1.54, 1.807) is 12.4 Å². The highest BCUT2D eigenvalue weighted by Gasteiger charge is 2.37. The first-order valence-corrected chi connectivity index (χ1v) is 7.90. The maximum absolute atomic E-state index is 4.54. The molecule has 1 aliphatic heterocycles. The third kappa shape index (κ3) is 3.55. The Hall–Kier alpha value is -1.00. The van der Waals surface area contributed by atoms with Crippen molar-refractivity contribution in [1.82, 2.24) is 20.2 Å². The van der Waals surface area contributed by atoms with E-state index in [-0.39, 0.29) is 11.6 Å². The summed E-state index contributed by atoms with van der Waals surface area (Å²) in [6.45, 7) is 10.3. The van der Waals surface area contributed by atoms with E-state index >= 15 is 0 Å². The van der Waals surface area contributed by atoms with Gasteiger partial charge in [-0.3, -0.25) is 14.9 Å². The molecule has 1 aromatic heterocycles. The van der Waals surface area contributed by atoms with Crippen LogP contribution < -0.4 is 5.32 Å². The second-order valence-corrected chi connectivity index (χ2v) is 6.22. The quantitative estimate of drug-likeness (QED) is 0.867. The number of rotatable bonds is 6. The monoisotopic (exact) mass is 276 g/mol. The number of piperidine rings is 1. The molecule has 1 aliphatic rings. The van der Waals surface area contributed by atoms with E-state index in [1.807, 2.05) is 6.20 Å². The Labute approximate surface area is 123 Å². The SMILES string of the molecule is CCCNC(c1cnccn1)C(C)(C)N1CCCCC1. The zero-order chi connectivity index (χ0) is 14.4. The van der Waals surface area contributed by atoms with Crippen molar-refractivity contribution in [3.63, 3.8) is 0 Å². The molecule has 2 rings (SSSR count). The normalized spacial score (nSPS) is 18.9. The van der Waals surface area contributed by atoms with Crippen LogP contribution in [0.4, 0.5) is 0 Å². The fraction of sp³-hybridized carbons (Fsp3) is 0.750. The average molecular weight is 276 g/mol. The van der Waals surface area contributed by atoms with Gasteiger partial charge in [0.2, 0.25) is 0 Å². The fourth-order valence-corrected chi connectivity index (χ4v) is 3.12. The van der Waals surface area contributed by atoms with Crippen molar-refractivity contribution in [2.45, 2.75) is 58.0 Å². The van der Waals surface area contributed by atoms with Gasteiger partial charge < -0.3 is 5.32 Å². The van der Waals surface area contributed by atoms with Crippen molar-refractivity contribution in [2.24, 2.45) is 0 Å². The van der Waals surface area contributed by atoms with Crippen LogP contribution in [0.2, 0.25) is 0 Å². The number of likely N-dealkylation sites (tertiary alicyclic amines) is 1. The first kappa shape index (κ1) is 15.4. The molecule has 0 spiro atoms. The predicted octanol–water partition coefficient (Wildman–Crippen LogP) is 2.78. The molecule has 0 radical (unpaired) electrons. The standard InChI is InChI=1S/C16H28N4/c1-4-8-19-15(14-13-17-9-10-18-14)16(2,3)20-11-6-5-7-12-20/h9-10,13,15,19H,4-8,11-12H2,1-3H3. The van der Waals surface area contributed by atoms with Crippen molar-refractivity contribution < 1.29 is 0 Å². The number of aromatic nitrogens is 2. The van der Waals surface area contributed by atoms with Crippen molar-refractivity contribution in [2.75, 3.05) is 19.6 Å². The molecule has 0 saturated carbocycles. The van der Waals surface area contributed by atoms with Gasteiger partial charge >= 0.3 is 0 Å². The molecular formula is C16H28N4. The number of hydrogen-bond acceptors (Lipinski definition) is 4. The highest BCUT2D eigenvalue weighted by atomic mass is 15.2. The summed E-state index contributed by atoms with van der Waals surface area (Å²) in [5, 5.41) is 3.68. The van der Waals surface area contributed by atoms with E-state index in [1.165, 1.54) is 32.4 Å². The smallest absolute Gasteiger partial charge is 0.0774 e. The van der Waals surface area contributed by atoms with Gasteiger partial charge in [0.25, 0.3) is 0 Å². The zero-order valence-electron chi connectivity index (χ0n) is 13.1. The summed E-state index contributed by atoms with van der Waals surface area (Å²) in [5.74, 6) is 0. The van der Waals surface area contributed by atoms with Gasteiger partial charge in [-0.25, -0.2) is 0 Å². The second kappa shape index (κ2) is 7.14. The predicted molar refractivity (Wildman–Crippen MR) is 82.6 cm³/mol. The van der Waals surface area contributed by atoms with E-state index in [0.717, 1.165) is 18.7 Å². The summed E-state index contributed by atoms with van der Waals surface area (Å²) in [6.07, 6.45) is 10.6. The molecule has 1 atom stereocenters. The summed E-state index contributed by atoms with van der Waals surface area (Å²) in [6, 6.07) is 0.231. The molecule has 1 aromatic rings. The third-order valence-electron chi connectivity index (χ3n) is 4.35. The van der Waals surface area contributed by atoms with E-state index in [2.05, 4.69) is 41.0 Å². The lowest BCUT2D eigenvalue weighted by Crippen LogP contribution is -2.54. The Kier molecular flexibility index (Phi) is 5.49. The Morgan fingerprint density at radius 3 is 2.60 bits per heavy atom. The van der Waals surface area contributed by atoms with Gasteiger partial charge in [0.15, 0.2) is 0 Å². The highest BCUT2D eigenvalue weighted by molar-refractivity contribution is 5.11. The molecule has 20 heavy (non-hydrogen) atoms. The molecule has 0 aliphatic carbocycles. The molecule has 1 saturated heterocycles. The topological polar surface area (TPSA) is 41.1 Å². The van der Waals surface area contributed by atoms with Gasteiger partial charge in [0, 0.05) is 17.9 Å². The summed E-state index contributed by atoms with van der Waals surface area (Å²) in [7, 11) is 0. The summed E-state index contributed by atoms with van der Waals surface area (Å²) < 4.78 is 0. The molecule has 2 heterocycles. The molecule has 4 nitrogen and oxygen atoms in total. The maximum atomic E-state index is 4.54. The average Bonchev–Trinajstić information content (AvgIpc) is 2.49. The molecule has 1 unspecified atom stereocenters. The largest absolute Gasteiger partial charge is 0.307 e. The minimum absolute atomic E-state index is 0.0611. The van der Waals surface area contributed by atoms with Gasteiger partial charge in [-0.15, -0.1) is 0 Å². The van der Waals surface area contributed by atoms with Crippen LogP contribution in [0.25, 0.3) is 0 Å². The highest BCUT2D eigenvalue weighted by Crippen LogP contribution is 2.32. The van der Waals surface area contributed by atoms with Gasteiger partial charge in [-0.05, 0) is 52.7 Å². The number of nitrogens with one attached hydrogen (secondary N) is 1. The van der Waals surface area contributed by atoms with Crippen LogP contribution in [0, 0.1) is 0 Å². The minimum Gasteiger partial charge on any atom is -0.307 e. The molecule has 1 N–H and O–H groups in total. The zero-order valence-corrected chi connectivity index (χ0v) is 13.1. The Morgan fingerprint density at radius 1 is 1.25 bits per heavy atom. The lowest BCUT2D eigenvalue weighted by atomic mass is 9.88. The third-order valence-corrected chi connectivity index (χ3v) is 4.35. The molecule has 112 valence electrons. The molecule has 4 heteroatoms. The van der Waals surface area contributed by atoms with Crippen molar-refractivity contribution >= 4 is 0 Å². The van der Waals surface area contributed by atoms with Crippen LogP contribution in [0.1, 0.15) is 58.2 Å². The van der Waals surface area contributed by atoms with E-state index in [9.17, 15) is 0 Å². The van der Waals surface area contributed by atoms with Crippen LogP contribution in [0.15, 0.2) is 18.6 Å². The Bertz CT molecular complexity index is 385. The van der Waals surface area contributed by atoms with Crippen molar-refractivity contribution in [1.29, 1.82) is 0 Å². The lowest BCUT2D eigenvalue weighted by Gasteiger charge is -2.46. The maximum Gasteiger partial charge on any atom is 0.0774 e. The first-order chi connectivity index (χ1) is 9.66. The molecule has 0 aromatic carbocycles. The molecule has 0 amide bonds. The second-order valence-electron chi connectivity index (χ2n) is 6.22. The summed E-state index contributed by atoms with van der Waals surface area (Å²) >= 11 is 0. The fourth-order valence-electron chi connectivity index (χ4n) is 3.12. The Balaban J connectivity index is 2.19. The van der Waals surface area contributed by atoms with Gasteiger partial charge in [-0.2, -0.15) is 0 Å². The van der Waals surface area contributed by atoms with Gasteiger partial charge in [0.05, 0.1) is 17.9 Å². The van der Waals surface area contributed by atoms with E-state index < -0.39 is 0 Å².